The minimum atomic E-state index is -4.87. The van der Waals surface area contributed by atoms with Crippen molar-refractivity contribution >= 4 is 9.24 Å². The van der Waals surface area contributed by atoms with Gasteiger partial charge in [0.2, 0.25) is 0 Å². The van der Waals surface area contributed by atoms with Crippen molar-refractivity contribution in [2.24, 2.45) is 11.7 Å². The molecule has 0 aromatic carbocycles. The molecule has 1 rings (SSSR count). The molecule has 0 saturated heterocycles. The molecule has 0 aromatic heterocycles. The Balaban J connectivity index is 3.10. The Morgan fingerprint density at radius 2 is 1.86 bits per heavy atom. The molecule has 1 aliphatic carbocycles. The standard InChI is InChI=1S/C13H16F6NOP/c1-3-11(20,22)21-7(2)8-4-9(12(14,15)16)6-10(5-8)13(17,18)19/h3-4,6-8H,1,5,20,22H2,2H3. The SMILES string of the molecule is C=CC(N)(P)OC(C)C1C=C(C(F)(F)F)C=C(C(F)(F)F)C1. The highest BCUT2D eigenvalue weighted by molar-refractivity contribution is 7.18. The molecule has 0 fully saturated rings. The average molecular weight is 347 g/mol. The number of halogens is 6. The first-order valence-electron chi connectivity index (χ1n) is 6.22. The summed E-state index contributed by atoms with van der Waals surface area (Å²) in [4.78, 5) is 0. The van der Waals surface area contributed by atoms with Crippen LogP contribution >= 0.6 is 9.24 Å². The van der Waals surface area contributed by atoms with Crippen molar-refractivity contribution in [2.45, 2.75) is 37.3 Å². The highest BCUT2D eigenvalue weighted by Gasteiger charge is 2.43. The Morgan fingerprint density at radius 1 is 1.32 bits per heavy atom. The fraction of sp³-hybridized carbons (Fsp3) is 0.538. The van der Waals surface area contributed by atoms with E-state index < -0.39 is 47.4 Å². The molecular formula is C13H16F6NOP. The van der Waals surface area contributed by atoms with Gasteiger partial charge in [0.15, 0.2) is 0 Å². The fourth-order valence-corrected chi connectivity index (χ4v) is 2.19. The summed E-state index contributed by atoms with van der Waals surface area (Å²) in [6.45, 7) is 4.75. The van der Waals surface area contributed by atoms with Crippen molar-refractivity contribution in [1.82, 2.24) is 0 Å². The summed E-state index contributed by atoms with van der Waals surface area (Å²) in [7, 11) is 2.08. The Hall–Kier alpha value is -0.850. The zero-order valence-corrected chi connectivity index (χ0v) is 12.8. The number of hydrogen-bond donors (Lipinski definition) is 1. The van der Waals surface area contributed by atoms with Crippen molar-refractivity contribution < 1.29 is 31.1 Å². The summed E-state index contributed by atoms with van der Waals surface area (Å²) in [5, 5.41) is 0. The van der Waals surface area contributed by atoms with Crippen LogP contribution in [0.5, 0.6) is 0 Å². The van der Waals surface area contributed by atoms with Crippen molar-refractivity contribution in [3.63, 3.8) is 0 Å². The largest absolute Gasteiger partial charge is 0.416 e. The maximum absolute atomic E-state index is 12.8. The summed E-state index contributed by atoms with van der Waals surface area (Å²) in [5.41, 5.74) is 1.60. The Morgan fingerprint density at radius 3 is 2.27 bits per heavy atom. The minimum absolute atomic E-state index is 0.132. The number of allylic oxidation sites excluding steroid dienone is 3. The lowest BCUT2D eigenvalue weighted by Gasteiger charge is -2.32. The van der Waals surface area contributed by atoms with Gasteiger partial charge >= 0.3 is 12.4 Å². The molecule has 0 aromatic rings. The fourth-order valence-electron chi connectivity index (χ4n) is 1.97. The van der Waals surface area contributed by atoms with E-state index in [9.17, 15) is 26.3 Å². The van der Waals surface area contributed by atoms with Crippen molar-refractivity contribution in [3.05, 3.63) is 36.0 Å². The van der Waals surface area contributed by atoms with Crippen LogP contribution < -0.4 is 5.73 Å². The molecule has 0 spiro atoms. The Bertz CT molecular complexity index is 492. The van der Waals surface area contributed by atoms with E-state index in [4.69, 9.17) is 10.5 Å². The third kappa shape index (κ3) is 5.11. The summed E-state index contributed by atoms with van der Waals surface area (Å²) in [6.07, 6.45) is -9.22. The van der Waals surface area contributed by atoms with E-state index in [1.807, 2.05) is 0 Å². The lowest BCUT2D eigenvalue weighted by molar-refractivity contribution is -0.103. The van der Waals surface area contributed by atoms with Crippen LogP contribution in [0.1, 0.15) is 13.3 Å². The maximum atomic E-state index is 12.8. The van der Waals surface area contributed by atoms with Crippen molar-refractivity contribution in [1.29, 1.82) is 0 Å². The monoisotopic (exact) mass is 347 g/mol. The summed E-state index contributed by atoms with van der Waals surface area (Å²) < 4.78 is 82.0. The van der Waals surface area contributed by atoms with E-state index in [1.54, 1.807) is 0 Å². The van der Waals surface area contributed by atoms with Gasteiger partial charge in [0, 0.05) is 11.5 Å². The third-order valence-electron chi connectivity index (χ3n) is 3.18. The summed E-state index contributed by atoms with van der Waals surface area (Å²) >= 11 is 0. The zero-order valence-electron chi connectivity index (χ0n) is 11.6. The van der Waals surface area contributed by atoms with Crippen LogP contribution in [0.25, 0.3) is 0 Å². The normalized spacial score (nSPS) is 24.1. The van der Waals surface area contributed by atoms with Gasteiger partial charge in [-0.2, -0.15) is 26.3 Å². The molecule has 2 N–H and O–H groups in total. The molecule has 0 amide bonds. The smallest absolute Gasteiger partial charge is 0.350 e. The molecule has 0 bridgehead atoms. The van der Waals surface area contributed by atoms with Crippen LogP contribution in [-0.2, 0) is 4.74 Å². The zero-order chi connectivity index (χ0) is 17.3. The number of ether oxygens (including phenoxy) is 1. The highest BCUT2D eigenvalue weighted by Crippen LogP contribution is 2.41. The van der Waals surface area contributed by atoms with Gasteiger partial charge in [-0.1, -0.05) is 21.9 Å². The quantitative estimate of drug-likeness (QED) is 0.360. The van der Waals surface area contributed by atoms with Gasteiger partial charge in [0.05, 0.1) is 11.7 Å². The predicted molar refractivity (Wildman–Crippen MR) is 73.8 cm³/mol. The van der Waals surface area contributed by atoms with Gasteiger partial charge in [-0.15, -0.1) is 0 Å². The van der Waals surface area contributed by atoms with Gasteiger partial charge in [0.25, 0.3) is 0 Å². The third-order valence-corrected chi connectivity index (χ3v) is 3.55. The first-order chi connectivity index (χ1) is 9.76. The summed E-state index contributed by atoms with van der Waals surface area (Å²) in [6, 6.07) is 0. The van der Waals surface area contributed by atoms with E-state index in [2.05, 4.69) is 15.8 Å². The number of alkyl halides is 6. The second kappa shape index (κ2) is 6.34. The van der Waals surface area contributed by atoms with E-state index >= 15 is 0 Å². The molecule has 1 aliphatic rings. The van der Waals surface area contributed by atoms with E-state index in [0.717, 1.165) is 6.08 Å². The van der Waals surface area contributed by atoms with Gasteiger partial charge in [-0.25, -0.2) is 0 Å². The topological polar surface area (TPSA) is 35.2 Å². The van der Waals surface area contributed by atoms with E-state index in [1.165, 1.54) is 13.0 Å². The number of hydrogen-bond acceptors (Lipinski definition) is 2. The van der Waals surface area contributed by atoms with Crippen LogP contribution in [0.3, 0.4) is 0 Å². The molecule has 0 radical (unpaired) electrons. The van der Waals surface area contributed by atoms with E-state index in [0.29, 0.717) is 0 Å². The maximum Gasteiger partial charge on any atom is 0.416 e. The lowest BCUT2D eigenvalue weighted by Crippen LogP contribution is -2.39. The molecule has 22 heavy (non-hydrogen) atoms. The van der Waals surface area contributed by atoms with Crippen LogP contribution in [0.4, 0.5) is 26.3 Å². The molecule has 9 heteroatoms. The van der Waals surface area contributed by atoms with Gasteiger partial charge < -0.3 is 4.74 Å². The van der Waals surface area contributed by atoms with Gasteiger partial charge in [0.1, 0.15) is 5.47 Å². The second-order valence-corrected chi connectivity index (χ2v) is 5.94. The van der Waals surface area contributed by atoms with E-state index in [-0.39, 0.29) is 6.08 Å². The molecule has 0 heterocycles. The van der Waals surface area contributed by atoms with Crippen LogP contribution in [0.2, 0.25) is 0 Å². The highest BCUT2D eigenvalue weighted by atomic mass is 31.0. The molecule has 0 saturated carbocycles. The molecule has 4 unspecified atom stereocenters. The van der Waals surface area contributed by atoms with Crippen molar-refractivity contribution in [2.75, 3.05) is 0 Å². The average Bonchev–Trinajstić information content (AvgIpc) is 2.35. The van der Waals surface area contributed by atoms with Crippen molar-refractivity contribution in [3.8, 4) is 0 Å². The molecule has 0 aliphatic heterocycles. The second-order valence-electron chi connectivity index (χ2n) is 5.04. The van der Waals surface area contributed by atoms with Gasteiger partial charge in [-0.05, 0) is 25.5 Å². The Labute approximate surface area is 126 Å². The predicted octanol–water partition coefficient (Wildman–Crippen LogP) is 4.06. The summed E-state index contributed by atoms with van der Waals surface area (Å²) in [5.74, 6) is -1.11. The van der Waals surface area contributed by atoms with Crippen LogP contribution in [-0.4, -0.2) is 23.9 Å². The molecule has 2 nitrogen and oxygen atoms in total. The first-order valence-corrected chi connectivity index (χ1v) is 6.80. The van der Waals surface area contributed by atoms with Gasteiger partial charge in [-0.3, -0.25) is 5.73 Å². The van der Waals surface area contributed by atoms with Crippen LogP contribution in [0, 0.1) is 5.92 Å². The first kappa shape index (κ1) is 19.2. The Kier molecular flexibility index (Phi) is 5.53. The lowest BCUT2D eigenvalue weighted by atomic mass is 9.86. The molecular weight excluding hydrogens is 331 g/mol. The number of nitrogens with two attached hydrogens (primary N) is 1. The molecule has 4 atom stereocenters. The minimum Gasteiger partial charge on any atom is -0.350 e. The number of rotatable bonds is 4. The van der Waals surface area contributed by atoms with Crippen LogP contribution in [0.15, 0.2) is 36.0 Å². The molecule has 126 valence electrons.